The molecule has 2 heterocycles. The summed E-state index contributed by atoms with van der Waals surface area (Å²) in [5.74, 6) is 0.166. The fourth-order valence-corrected chi connectivity index (χ4v) is 5.29. The molecule has 4 rings (SSSR count). The normalized spacial score (nSPS) is 17.5. The van der Waals surface area contributed by atoms with Gasteiger partial charge in [-0.2, -0.15) is 0 Å². The lowest BCUT2D eigenvalue weighted by Gasteiger charge is -2.37. The Morgan fingerprint density at radius 3 is 2.36 bits per heavy atom. The molecule has 0 saturated heterocycles. The Morgan fingerprint density at radius 1 is 1.03 bits per heavy atom. The van der Waals surface area contributed by atoms with Crippen LogP contribution in [0.3, 0.4) is 0 Å². The molecule has 0 aliphatic heterocycles. The van der Waals surface area contributed by atoms with Gasteiger partial charge in [0.2, 0.25) is 0 Å². The Kier molecular flexibility index (Phi) is 10.8. The number of rotatable bonds is 7. The molecule has 33 heavy (non-hydrogen) atoms. The monoisotopic (exact) mass is 505 g/mol. The van der Waals surface area contributed by atoms with Crippen LogP contribution >= 0.6 is 36.2 Å². The number of halogens is 2. The fourth-order valence-electron chi connectivity index (χ4n) is 4.61. The SMILES string of the molecule is CCc1ccc(-c2ccncc2)cc1CN(C(=O)c1cccs1)C1CCC(NC)CC1.Cl.Cl. The van der Waals surface area contributed by atoms with Crippen LogP contribution in [0.1, 0.15) is 53.4 Å². The van der Waals surface area contributed by atoms with Crippen molar-refractivity contribution in [3.8, 4) is 11.1 Å². The molecule has 0 bridgehead atoms. The van der Waals surface area contributed by atoms with Crippen molar-refractivity contribution in [2.24, 2.45) is 0 Å². The van der Waals surface area contributed by atoms with Gasteiger partial charge in [0.15, 0.2) is 0 Å². The first-order valence-electron chi connectivity index (χ1n) is 11.2. The molecule has 4 nitrogen and oxygen atoms in total. The summed E-state index contributed by atoms with van der Waals surface area (Å²) in [6, 6.07) is 15.5. The zero-order chi connectivity index (χ0) is 21.6. The number of benzene rings is 1. The van der Waals surface area contributed by atoms with E-state index in [1.54, 1.807) is 0 Å². The van der Waals surface area contributed by atoms with E-state index >= 15 is 0 Å². The van der Waals surface area contributed by atoms with Crippen LogP contribution in [-0.4, -0.2) is 34.9 Å². The number of aryl methyl sites for hydroxylation is 1. The molecule has 7 heteroatoms. The van der Waals surface area contributed by atoms with Crippen molar-refractivity contribution in [1.29, 1.82) is 0 Å². The highest BCUT2D eigenvalue weighted by molar-refractivity contribution is 7.12. The second-order valence-corrected chi connectivity index (χ2v) is 9.23. The van der Waals surface area contributed by atoms with E-state index in [0.717, 1.165) is 42.5 Å². The van der Waals surface area contributed by atoms with Crippen LogP contribution in [0.25, 0.3) is 11.1 Å². The molecule has 1 N–H and O–H groups in total. The van der Waals surface area contributed by atoms with Crippen LogP contribution in [0.2, 0.25) is 0 Å². The van der Waals surface area contributed by atoms with Crippen molar-refractivity contribution in [1.82, 2.24) is 15.2 Å². The van der Waals surface area contributed by atoms with Gasteiger partial charge in [-0.25, -0.2) is 0 Å². The fraction of sp³-hybridized carbons (Fsp3) is 0.385. The number of hydrogen-bond acceptors (Lipinski definition) is 4. The lowest BCUT2D eigenvalue weighted by molar-refractivity contribution is 0.0605. The van der Waals surface area contributed by atoms with Gasteiger partial charge in [-0.15, -0.1) is 36.2 Å². The van der Waals surface area contributed by atoms with Crippen LogP contribution in [0, 0.1) is 0 Å². The summed E-state index contributed by atoms with van der Waals surface area (Å²) in [7, 11) is 2.04. The molecule has 3 aromatic rings. The van der Waals surface area contributed by atoms with Crippen LogP contribution < -0.4 is 5.32 Å². The highest BCUT2D eigenvalue weighted by Crippen LogP contribution is 2.29. The summed E-state index contributed by atoms with van der Waals surface area (Å²) < 4.78 is 0. The van der Waals surface area contributed by atoms with E-state index < -0.39 is 0 Å². The Bertz CT molecular complexity index is 990. The van der Waals surface area contributed by atoms with Gasteiger partial charge in [0.05, 0.1) is 4.88 Å². The minimum atomic E-state index is 0. The number of amides is 1. The summed E-state index contributed by atoms with van der Waals surface area (Å²) in [5, 5.41) is 5.40. The van der Waals surface area contributed by atoms with Crippen molar-refractivity contribution in [3.63, 3.8) is 0 Å². The minimum absolute atomic E-state index is 0. The topological polar surface area (TPSA) is 45.2 Å². The molecule has 0 atom stereocenters. The third kappa shape index (κ3) is 6.57. The molecule has 0 spiro atoms. The van der Waals surface area contributed by atoms with Crippen molar-refractivity contribution in [2.45, 2.75) is 57.7 Å². The lowest BCUT2D eigenvalue weighted by atomic mass is 9.89. The van der Waals surface area contributed by atoms with Gasteiger partial charge in [0, 0.05) is 31.0 Å². The minimum Gasteiger partial charge on any atom is -0.331 e. The zero-order valence-corrected chi connectivity index (χ0v) is 21.6. The Balaban J connectivity index is 0.00000193. The predicted molar refractivity (Wildman–Crippen MR) is 143 cm³/mol. The molecule has 1 fully saturated rings. The second kappa shape index (κ2) is 13.1. The van der Waals surface area contributed by atoms with Gasteiger partial charge in [0.25, 0.3) is 5.91 Å². The summed E-state index contributed by atoms with van der Waals surface area (Å²) >= 11 is 1.54. The largest absolute Gasteiger partial charge is 0.331 e. The smallest absolute Gasteiger partial charge is 0.264 e. The maximum atomic E-state index is 13.5. The third-order valence-corrected chi connectivity index (χ3v) is 7.34. The van der Waals surface area contributed by atoms with Crippen molar-refractivity contribution >= 4 is 42.1 Å². The first-order valence-corrected chi connectivity index (χ1v) is 12.1. The number of pyridine rings is 1. The number of aromatic nitrogens is 1. The van der Waals surface area contributed by atoms with E-state index in [2.05, 4.69) is 40.3 Å². The van der Waals surface area contributed by atoms with Gasteiger partial charge in [0.1, 0.15) is 0 Å². The maximum Gasteiger partial charge on any atom is 0.264 e. The summed E-state index contributed by atoms with van der Waals surface area (Å²) in [5.41, 5.74) is 4.89. The van der Waals surface area contributed by atoms with Gasteiger partial charge in [-0.05, 0) is 91.1 Å². The van der Waals surface area contributed by atoms with E-state index in [4.69, 9.17) is 0 Å². The van der Waals surface area contributed by atoms with Crippen molar-refractivity contribution in [3.05, 3.63) is 76.2 Å². The Labute approximate surface area is 213 Å². The van der Waals surface area contributed by atoms with E-state index in [0.29, 0.717) is 12.6 Å². The van der Waals surface area contributed by atoms with Crippen molar-refractivity contribution < 1.29 is 4.79 Å². The van der Waals surface area contributed by atoms with Gasteiger partial charge >= 0.3 is 0 Å². The van der Waals surface area contributed by atoms with Crippen LogP contribution in [-0.2, 0) is 13.0 Å². The summed E-state index contributed by atoms with van der Waals surface area (Å²) in [6.45, 7) is 2.85. The third-order valence-electron chi connectivity index (χ3n) is 6.48. The standard InChI is InChI=1S/C26H31N3OS.2ClH/c1-3-19-6-7-21(20-12-14-28-15-13-20)17-22(19)18-29(26(30)25-5-4-16-31-25)24-10-8-23(27-2)9-11-24;;/h4-7,12-17,23-24,27H,3,8-11,18H2,1-2H3;2*1H. The average molecular weight is 507 g/mol. The van der Waals surface area contributed by atoms with Crippen molar-refractivity contribution in [2.75, 3.05) is 7.05 Å². The number of carbonyl (C=O) groups is 1. The molecule has 1 saturated carbocycles. The highest BCUT2D eigenvalue weighted by Gasteiger charge is 2.30. The van der Waals surface area contributed by atoms with Crippen LogP contribution in [0.4, 0.5) is 0 Å². The molecule has 1 aromatic carbocycles. The number of thiophene rings is 1. The van der Waals surface area contributed by atoms with Gasteiger partial charge in [-0.1, -0.05) is 25.1 Å². The van der Waals surface area contributed by atoms with Gasteiger partial charge < -0.3 is 10.2 Å². The highest BCUT2D eigenvalue weighted by atomic mass is 35.5. The second-order valence-electron chi connectivity index (χ2n) is 8.28. The average Bonchev–Trinajstić information content (AvgIpc) is 3.38. The van der Waals surface area contributed by atoms with E-state index in [1.165, 1.54) is 28.0 Å². The van der Waals surface area contributed by atoms with E-state index in [9.17, 15) is 4.79 Å². The molecular weight excluding hydrogens is 473 g/mol. The Hall–Kier alpha value is -1.92. The molecule has 0 radical (unpaired) electrons. The molecule has 1 aliphatic rings. The number of carbonyl (C=O) groups excluding carboxylic acids is 1. The maximum absolute atomic E-state index is 13.5. The molecule has 178 valence electrons. The van der Waals surface area contributed by atoms with E-state index in [1.807, 2.05) is 49.1 Å². The molecule has 1 amide bonds. The predicted octanol–water partition coefficient (Wildman–Crippen LogP) is 6.39. The molecule has 1 aliphatic carbocycles. The summed E-state index contributed by atoms with van der Waals surface area (Å²) in [6.07, 6.45) is 8.95. The van der Waals surface area contributed by atoms with Crippen LogP contribution in [0.5, 0.6) is 0 Å². The first-order chi connectivity index (χ1) is 15.2. The summed E-state index contributed by atoms with van der Waals surface area (Å²) in [4.78, 5) is 20.6. The number of nitrogens with one attached hydrogen (secondary N) is 1. The molecular formula is C26H33Cl2N3OS. The van der Waals surface area contributed by atoms with E-state index in [-0.39, 0.29) is 36.8 Å². The number of hydrogen-bond donors (Lipinski definition) is 1. The first kappa shape index (κ1) is 27.3. The lowest BCUT2D eigenvalue weighted by Crippen LogP contribution is -2.44. The number of nitrogens with zero attached hydrogens (tertiary/aromatic N) is 2. The molecule has 0 unspecified atom stereocenters. The van der Waals surface area contributed by atoms with Gasteiger partial charge in [-0.3, -0.25) is 9.78 Å². The molecule has 2 aromatic heterocycles. The zero-order valence-electron chi connectivity index (χ0n) is 19.2. The Morgan fingerprint density at radius 2 is 1.76 bits per heavy atom. The van der Waals surface area contributed by atoms with Crippen LogP contribution in [0.15, 0.2) is 60.2 Å². The quantitative estimate of drug-likeness (QED) is 0.404.